The van der Waals surface area contributed by atoms with Gasteiger partial charge < -0.3 is 0 Å². The van der Waals surface area contributed by atoms with Crippen molar-refractivity contribution in [2.45, 2.75) is 13.0 Å². The SMILES string of the molecule is [B]=[S-](=O)OCC(OS(=O)O)C(=C)C. The Balaban J connectivity index is 4.10. The summed E-state index contributed by atoms with van der Waals surface area (Å²) in [6.07, 6.45) is -0.793. The summed E-state index contributed by atoms with van der Waals surface area (Å²) in [5.41, 5.74) is 0.479. The van der Waals surface area contributed by atoms with Crippen LogP contribution in [0.4, 0.5) is 0 Å². The maximum atomic E-state index is 10.3. The van der Waals surface area contributed by atoms with Crippen molar-refractivity contribution in [3.05, 3.63) is 12.2 Å². The van der Waals surface area contributed by atoms with Crippen LogP contribution in [0.25, 0.3) is 0 Å². The molecule has 0 spiro atoms. The molecule has 0 rings (SSSR count). The van der Waals surface area contributed by atoms with Crippen molar-refractivity contribution in [1.82, 2.24) is 0 Å². The second kappa shape index (κ2) is 6.44. The van der Waals surface area contributed by atoms with Crippen LogP contribution in [0.5, 0.6) is 0 Å². The van der Waals surface area contributed by atoms with Gasteiger partial charge in [-0.15, -0.1) is 0 Å². The van der Waals surface area contributed by atoms with Crippen molar-refractivity contribution in [3.8, 4) is 0 Å². The van der Waals surface area contributed by atoms with E-state index in [9.17, 15) is 8.42 Å². The van der Waals surface area contributed by atoms with Gasteiger partial charge >= 0.3 is 81.7 Å². The van der Waals surface area contributed by atoms with Crippen molar-refractivity contribution in [2.24, 2.45) is 0 Å². The van der Waals surface area contributed by atoms with E-state index in [0.717, 1.165) is 0 Å². The van der Waals surface area contributed by atoms with Crippen LogP contribution in [0.15, 0.2) is 12.2 Å². The first-order valence-electron chi connectivity index (χ1n) is 3.16. The van der Waals surface area contributed by atoms with E-state index in [-0.39, 0.29) is 6.61 Å². The summed E-state index contributed by atoms with van der Waals surface area (Å²) in [6, 6.07) is 0. The first-order chi connectivity index (χ1) is 5.93. The molecule has 5 nitrogen and oxygen atoms in total. The molecule has 0 aliphatic rings. The molecule has 0 aliphatic heterocycles. The van der Waals surface area contributed by atoms with Gasteiger partial charge in [-0.05, 0) is 0 Å². The first-order valence-corrected chi connectivity index (χ1v) is 5.33. The molecule has 75 valence electrons. The van der Waals surface area contributed by atoms with Crippen LogP contribution in [-0.4, -0.2) is 28.2 Å². The van der Waals surface area contributed by atoms with E-state index in [4.69, 9.17) is 11.3 Å². The maximum absolute atomic E-state index is 10.3. The van der Waals surface area contributed by atoms with Gasteiger partial charge in [0, 0.05) is 0 Å². The second-order valence-corrected chi connectivity index (χ2v) is 3.58. The molecule has 0 aliphatic carbocycles. The average molecular weight is 224 g/mol. The average Bonchev–Trinajstić information content (AvgIpc) is 1.96. The van der Waals surface area contributed by atoms with Crippen LogP contribution < -0.4 is 0 Å². The predicted octanol–water partition coefficient (Wildman–Crippen LogP) is 0.0633. The van der Waals surface area contributed by atoms with E-state index in [2.05, 4.69) is 14.9 Å². The van der Waals surface area contributed by atoms with Crippen LogP contribution in [0.3, 0.4) is 0 Å². The van der Waals surface area contributed by atoms with Crippen LogP contribution >= 0.6 is 0 Å². The first kappa shape index (κ1) is 13.0. The molecule has 0 saturated heterocycles. The zero-order valence-electron chi connectivity index (χ0n) is 6.97. The Bertz CT molecular complexity index is 266. The Morgan fingerprint density at radius 2 is 2.38 bits per heavy atom. The number of rotatable bonds is 6. The Labute approximate surface area is 82.1 Å². The van der Waals surface area contributed by atoms with Crippen LogP contribution in [0, 0.1) is 0 Å². The standard InChI is InChI=1S/C5H9BO5S2/c1-4(2)5(11-13(8)9)3-10-12(6)7/h5H,1,3H2,2H3,(H,8,9)/q-1. The summed E-state index contributed by atoms with van der Waals surface area (Å²) < 4.78 is 37.9. The predicted molar refractivity (Wildman–Crippen MR) is 50.2 cm³/mol. The molecule has 1 radical (unpaired) electrons. The molecule has 0 heterocycles. The molecule has 0 saturated carbocycles. The normalized spacial score (nSPS) is 15.5. The molecule has 0 bridgehead atoms. The van der Waals surface area contributed by atoms with E-state index >= 15 is 0 Å². The molecular formula is C5H9BO5S2-. The van der Waals surface area contributed by atoms with Gasteiger partial charge in [-0.3, -0.25) is 0 Å². The van der Waals surface area contributed by atoms with E-state index in [1.807, 2.05) is 0 Å². The fraction of sp³-hybridized carbons (Fsp3) is 0.600. The zero-order valence-corrected chi connectivity index (χ0v) is 8.60. The van der Waals surface area contributed by atoms with E-state index in [1.165, 1.54) is 0 Å². The van der Waals surface area contributed by atoms with Gasteiger partial charge in [0.05, 0.1) is 0 Å². The minimum absolute atomic E-state index is 0.176. The summed E-state index contributed by atoms with van der Waals surface area (Å²) in [5.74, 6) is 0. The van der Waals surface area contributed by atoms with Gasteiger partial charge in [-0.1, -0.05) is 0 Å². The van der Waals surface area contributed by atoms with E-state index in [0.29, 0.717) is 5.57 Å². The quantitative estimate of drug-likeness (QED) is 0.299. The zero-order chi connectivity index (χ0) is 10.4. The third-order valence-electron chi connectivity index (χ3n) is 1.08. The Morgan fingerprint density at radius 3 is 2.69 bits per heavy atom. The second-order valence-electron chi connectivity index (χ2n) is 2.19. The van der Waals surface area contributed by atoms with Crippen molar-refractivity contribution < 1.29 is 21.3 Å². The monoisotopic (exact) mass is 224 g/mol. The third kappa shape index (κ3) is 7.09. The topological polar surface area (TPSA) is 72.8 Å². The molecule has 0 aromatic carbocycles. The molecule has 2 unspecified atom stereocenters. The summed E-state index contributed by atoms with van der Waals surface area (Å²) >= 11 is -2.41. The fourth-order valence-electron chi connectivity index (χ4n) is 0.480. The summed E-state index contributed by atoms with van der Waals surface area (Å²) in [6.45, 7) is 9.70. The molecule has 0 fully saturated rings. The van der Waals surface area contributed by atoms with Gasteiger partial charge in [0.1, 0.15) is 0 Å². The van der Waals surface area contributed by atoms with Crippen LogP contribution in [0.2, 0.25) is 0 Å². The molecule has 0 aromatic heterocycles. The van der Waals surface area contributed by atoms with E-state index in [1.54, 1.807) is 6.92 Å². The van der Waals surface area contributed by atoms with Gasteiger partial charge in [-0.25, -0.2) is 0 Å². The molecule has 0 amide bonds. The van der Waals surface area contributed by atoms with Gasteiger partial charge in [0.15, 0.2) is 0 Å². The molecule has 1 N–H and O–H groups in total. The van der Waals surface area contributed by atoms with Crippen molar-refractivity contribution >= 4 is 28.6 Å². The van der Waals surface area contributed by atoms with Gasteiger partial charge in [0.25, 0.3) is 0 Å². The summed E-state index contributed by atoms with van der Waals surface area (Å²) in [5, 5.41) is 0. The molecular weight excluding hydrogens is 215 g/mol. The Hall–Kier alpha value is -0.0151. The molecule has 2 atom stereocenters. The number of hydrogen-bond donors (Lipinski definition) is 1. The fourth-order valence-corrected chi connectivity index (χ4v) is 1.16. The molecule has 0 aromatic rings. The molecule has 13 heavy (non-hydrogen) atoms. The van der Waals surface area contributed by atoms with E-state index < -0.39 is 28.0 Å². The van der Waals surface area contributed by atoms with Gasteiger partial charge in [-0.2, -0.15) is 0 Å². The van der Waals surface area contributed by atoms with Crippen molar-refractivity contribution in [1.29, 1.82) is 0 Å². The van der Waals surface area contributed by atoms with Gasteiger partial charge in [0.2, 0.25) is 0 Å². The van der Waals surface area contributed by atoms with Crippen LogP contribution in [0.1, 0.15) is 6.92 Å². The van der Waals surface area contributed by atoms with Crippen LogP contribution in [-0.2, 0) is 34.4 Å². The Morgan fingerprint density at radius 1 is 1.85 bits per heavy atom. The molecule has 8 heteroatoms. The number of hydrogen-bond acceptors (Lipinski definition) is 5. The Kier molecular flexibility index (Phi) is 6.43. The van der Waals surface area contributed by atoms with Crippen molar-refractivity contribution in [3.63, 3.8) is 0 Å². The minimum atomic E-state index is -2.41. The van der Waals surface area contributed by atoms with Crippen molar-refractivity contribution in [2.75, 3.05) is 6.61 Å². The summed E-state index contributed by atoms with van der Waals surface area (Å²) in [7, 11) is -1.92. The summed E-state index contributed by atoms with van der Waals surface area (Å²) in [4.78, 5) is 0. The third-order valence-corrected chi connectivity index (χ3v) is 1.85.